The van der Waals surface area contributed by atoms with E-state index in [0.717, 1.165) is 11.8 Å². The van der Waals surface area contributed by atoms with Gasteiger partial charge in [-0.05, 0) is 61.0 Å². The fourth-order valence-electron chi connectivity index (χ4n) is 3.47. The number of carbonyl (C=O) groups excluding carboxylic acids is 1. The molecule has 150 valence electrons. The molecule has 0 spiro atoms. The number of nitrogens with one attached hydrogen (secondary N) is 1. The van der Waals surface area contributed by atoms with Crippen LogP contribution in [-0.4, -0.2) is 25.6 Å². The molecule has 3 aromatic rings. The molecule has 1 aliphatic heterocycles. The summed E-state index contributed by atoms with van der Waals surface area (Å²) in [5.74, 6) is -0.278. The number of rotatable bonds is 3. The first kappa shape index (κ1) is 19.5. The van der Waals surface area contributed by atoms with E-state index in [4.69, 9.17) is 5.73 Å². The number of aromatic amines is 1. The highest BCUT2D eigenvalue weighted by Crippen LogP contribution is 2.43. The first-order valence-electron chi connectivity index (χ1n) is 9.04. The highest BCUT2D eigenvalue weighted by Gasteiger charge is 2.34. The van der Waals surface area contributed by atoms with Crippen molar-refractivity contribution in [3.8, 4) is 6.07 Å². The molecule has 0 saturated heterocycles. The third-order valence-corrected chi connectivity index (χ3v) is 6.11. The van der Waals surface area contributed by atoms with Crippen LogP contribution in [0.4, 0.5) is 17.1 Å². The molecule has 0 unspecified atom stereocenters. The number of H-pyrrole nitrogens is 1. The minimum absolute atomic E-state index is 0.173. The quantitative estimate of drug-likeness (QED) is 0.632. The van der Waals surface area contributed by atoms with Gasteiger partial charge in [-0.3, -0.25) is 9.69 Å². The lowest BCUT2D eigenvalue weighted by atomic mass is 10.00. The number of hydrogen-bond acceptors (Lipinski definition) is 5. The van der Waals surface area contributed by atoms with Crippen LogP contribution in [-0.2, 0) is 14.6 Å². The Hall–Kier alpha value is -3.83. The lowest BCUT2D eigenvalue weighted by molar-refractivity contribution is -0.112. The van der Waals surface area contributed by atoms with E-state index in [-0.39, 0.29) is 10.8 Å². The second-order valence-corrected chi connectivity index (χ2v) is 9.16. The summed E-state index contributed by atoms with van der Waals surface area (Å²) in [6.45, 7) is 1.81. The van der Waals surface area contributed by atoms with Crippen LogP contribution in [0.25, 0.3) is 11.6 Å². The maximum atomic E-state index is 13.4. The van der Waals surface area contributed by atoms with Gasteiger partial charge in [-0.2, -0.15) is 5.26 Å². The van der Waals surface area contributed by atoms with Crippen LogP contribution < -0.4 is 10.6 Å². The molecule has 0 saturated carbocycles. The number of amides is 1. The molecule has 0 radical (unpaired) electrons. The van der Waals surface area contributed by atoms with Crippen molar-refractivity contribution in [3.05, 3.63) is 71.0 Å². The third-order valence-electron chi connectivity index (χ3n) is 4.98. The number of carbonyl (C=O) groups is 1. The number of nitrogen functional groups attached to an aromatic ring is 1. The van der Waals surface area contributed by atoms with E-state index >= 15 is 0 Å². The van der Waals surface area contributed by atoms with Gasteiger partial charge in [0, 0.05) is 35.1 Å². The van der Waals surface area contributed by atoms with E-state index in [1.807, 2.05) is 6.92 Å². The zero-order chi connectivity index (χ0) is 21.6. The van der Waals surface area contributed by atoms with E-state index in [1.54, 1.807) is 42.6 Å². The van der Waals surface area contributed by atoms with Gasteiger partial charge in [0.15, 0.2) is 9.84 Å². The highest BCUT2D eigenvalue weighted by molar-refractivity contribution is 7.90. The van der Waals surface area contributed by atoms with Gasteiger partial charge in [0.1, 0.15) is 0 Å². The van der Waals surface area contributed by atoms with Crippen LogP contribution >= 0.6 is 0 Å². The van der Waals surface area contributed by atoms with Gasteiger partial charge in [-0.25, -0.2) is 8.42 Å². The molecule has 0 atom stereocenters. The van der Waals surface area contributed by atoms with Crippen molar-refractivity contribution < 1.29 is 13.2 Å². The Kier molecular flexibility index (Phi) is 4.48. The standard InChI is InChI=1S/C22H18N4O3S/c1-13-7-21-19(8-14(13)11-23)20(10-16-9-15(24)12-25-16)22(27)26(21)17-3-5-18(6-4-17)30(2,28)29/h3-10,12,25H,24H2,1-2H3/b20-10-. The summed E-state index contributed by atoms with van der Waals surface area (Å²) in [6.07, 6.45) is 4.46. The molecular formula is C22H18N4O3S. The number of nitrogens with zero attached hydrogens (tertiary/aromatic N) is 2. The molecule has 7 nitrogen and oxygen atoms in total. The van der Waals surface area contributed by atoms with Gasteiger partial charge in [0.05, 0.1) is 27.8 Å². The van der Waals surface area contributed by atoms with Crippen molar-refractivity contribution >= 4 is 44.5 Å². The summed E-state index contributed by atoms with van der Waals surface area (Å²) in [6, 6.07) is 13.5. The van der Waals surface area contributed by atoms with E-state index < -0.39 is 9.84 Å². The second-order valence-electron chi connectivity index (χ2n) is 7.15. The molecule has 3 N–H and O–H groups in total. The summed E-state index contributed by atoms with van der Waals surface area (Å²) in [5.41, 5.74) is 10.4. The Bertz CT molecular complexity index is 1360. The van der Waals surface area contributed by atoms with Gasteiger partial charge >= 0.3 is 0 Å². The van der Waals surface area contributed by atoms with Gasteiger partial charge in [0.25, 0.3) is 5.91 Å². The van der Waals surface area contributed by atoms with Crippen LogP contribution in [0.15, 0.2) is 53.6 Å². The zero-order valence-electron chi connectivity index (χ0n) is 16.3. The van der Waals surface area contributed by atoms with Crippen molar-refractivity contribution in [1.29, 1.82) is 5.26 Å². The molecule has 1 aromatic heterocycles. The smallest absolute Gasteiger partial charge is 0.263 e. The van der Waals surface area contributed by atoms with Crippen LogP contribution in [0.5, 0.6) is 0 Å². The Balaban J connectivity index is 1.89. The van der Waals surface area contributed by atoms with E-state index in [9.17, 15) is 18.5 Å². The third kappa shape index (κ3) is 3.25. The fraction of sp³-hybridized carbons (Fsp3) is 0.0909. The molecule has 8 heteroatoms. The zero-order valence-corrected chi connectivity index (χ0v) is 17.1. The second kappa shape index (κ2) is 6.90. The number of anilines is 3. The van der Waals surface area contributed by atoms with Gasteiger partial charge in [-0.15, -0.1) is 0 Å². The first-order valence-corrected chi connectivity index (χ1v) is 10.9. The largest absolute Gasteiger partial charge is 0.397 e. The predicted molar refractivity (Wildman–Crippen MR) is 116 cm³/mol. The summed E-state index contributed by atoms with van der Waals surface area (Å²) in [5, 5.41) is 9.44. The fourth-order valence-corrected chi connectivity index (χ4v) is 4.10. The van der Waals surface area contributed by atoms with E-state index in [1.165, 1.54) is 17.0 Å². The average Bonchev–Trinajstić information content (AvgIpc) is 3.21. The topological polar surface area (TPSA) is 120 Å². The summed E-state index contributed by atoms with van der Waals surface area (Å²) < 4.78 is 23.5. The van der Waals surface area contributed by atoms with Gasteiger partial charge in [0.2, 0.25) is 0 Å². The number of nitriles is 1. The Morgan fingerprint density at radius 3 is 2.43 bits per heavy atom. The van der Waals surface area contributed by atoms with Crippen LogP contribution in [0.3, 0.4) is 0 Å². The molecule has 30 heavy (non-hydrogen) atoms. The minimum Gasteiger partial charge on any atom is -0.397 e. The van der Waals surface area contributed by atoms with Crippen LogP contribution in [0.1, 0.15) is 22.4 Å². The Morgan fingerprint density at radius 1 is 1.17 bits per heavy atom. The summed E-state index contributed by atoms with van der Waals surface area (Å²) in [7, 11) is -3.35. The molecule has 0 aliphatic carbocycles. The van der Waals surface area contributed by atoms with Crippen molar-refractivity contribution in [2.24, 2.45) is 0 Å². The molecule has 0 bridgehead atoms. The molecule has 1 aliphatic rings. The predicted octanol–water partition coefficient (Wildman–Crippen LogP) is 3.40. The maximum Gasteiger partial charge on any atom is 0.263 e. The van der Waals surface area contributed by atoms with Crippen LogP contribution in [0, 0.1) is 18.3 Å². The molecule has 2 heterocycles. The number of aryl methyl sites for hydroxylation is 1. The molecular weight excluding hydrogens is 400 g/mol. The number of sulfone groups is 1. The number of fused-ring (bicyclic) bond motifs is 1. The van der Waals surface area contributed by atoms with Crippen molar-refractivity contribution in [3.63, 3.8) is 0 Å². The average molecular weight is 418 g/mol. The summed E-state index contributed by atoms with van der Waals surface area (Å²) in [4.78, 5) is 18.1. The number of benzene rings is 2. The SMILES string of the molecule is Cc1cc2c(cc1C#N)/C(=C/c1cc(N)c[nH]1)C(=O)N2c1ccc(S(C)(=O)=O)cc1. The lowest BCUT2D eigenvalue weighted by Gasteiger charge is -2.18. The molecule has 0 fully saturated rings. The molecule has 2 aromatic carbocycles. The number of hydrogen-bond donors (Lipinski definition) is 2. The highest BCUT2D eigenvalue weighted by atomic mass is 32.2. The minimum atomic E-state index is -3.35. The van der Waals surface area contributed by atoms with Crippen molar-refractivity contribution in [1.82, 2.24) is 4.98 Å². The van der Waals surface area contributed by atoms with Gasteiger partial charge in [-0.1, -0.05) is 0 Å². The van der Waals surface area contributed by atoms with Crippen LogP contribution in [0.2, 0.25) is 0 Å². The normalized spacial score (nSPS) is 14.8. The summed E-state index contributed by atoms with van der Waals surface area (Å²) >= 11 is 0. The number of aromatic nitrogens is 1. The molecule has 4 rings (SSSR count). The lowest BCUT2D eigenvalue weighted by Crippen LogP contribution is -2.20. The number of nitrogens with two attached hydrogens (primary N) is 1. The maximum absolute atomic E-state index is 13.4. The molecule has 1 amide bonds. The van der Waals surface area contributed by atoms with Crippen molar-refractivity contribution in [2.45, 2.75) is 11.8 Å². The van der Waals surface area contributed by atoms with E-state index in [2.05, 4.69) is 11.1 Å². The monoisotopic (exact) mass is 418 g/mol. The van der Waals surface area contributed by atoms with Crippen molar-refractivity contribution in [2.75, 3.05) is 16.9 Å². The Labute approximate surface area is 174 Å². The van der Waals surface area contributed by atoms with Gasteiger partial charge < -0.3 is 10.7 Å². The Morgan fingerprint density at radius 2 is 1.87 bits per heavy atom. The van der Waals surface area contributed by atoms with E-state index in [0.29, 0.717) is 39.5 Å². The first-order chi connectivity index (χ1) is 14.2.